The van der Waals surface area contributed by atoms with Gasteiger partial charge in [-0.25, -0.2) is 4.98 Å². The van der Waals surface area contributed by atoms with E-state index in [0.717, 1.165) is 69.3 Å². The van der Waals surface area contributed by atoms with Gasteiger partial charge in [0.25, 0.3) is 0 Å². The van der Waals surface area contributed by atoms with E-state index < -0.39 is 0 Å². The minimum Gasteiger partial charge on any atom is -0.367 e. The Hall–Kier alpha value is -3.27. The van der Waals surface area contributed by atoms with Gasteiger partial charge in [0.1, 0.15) is 19.3 Å². The third-order valence-corrected chi connectivity index (χ3v) is 11.3. The highest BCUT2D eigenvalue weighted by Gasteiger charge is 2.44. The number of benzene rings is 2. The van der Waals surface area contributed by atoms with Crippen LogP contribution < -0.4 is 10.6 Å². The predicted octanol–water partition coefficient (Wildman–Crippen LogP) is 5.97. The second kappa shape index (κ2) is 16.9. The van der Waals surface area contributed by atoms with Crippen molar-refractivity contribution in [3.05, 3.63) is 83.4 Å². The molecule has 1 saturated heterocycles. The zero-order valence-corrected chi connectivity index (χ0v) is 28.8. The predicted molar refractivity (Wildman–Crippen MR) is 187 cm³/mol. The highest BCUT2D eigenvalue weighted by molar-refractivity contribution is 6.30. The number of amides is 2. The van der Waals surface area contributed by atoms with Crippen LogP contribution in [0.5, 0.6) is 0 Å². The smallest absolute Gasteiger partial charge is 0.246 e. The number of halogens is 1. The van der Waals surface area contributed by atoms with Crippen molar-refractivity contribution in [2.45, 2.75) is 108 Å². The normalized spacial score (nSPS) is 22.2. The number of likely N-dealkylation sites (tertiary alicyclic amines) is 1. The Morgan fingerprint density at radius 3 is 2.29 bits per heavy atom. The van der Waals surface area contributed by atoms with E-state index in [1.165, 1.54) is 32.1 Å². The SMILES string of the molecule is O=C(COCc1ccccc1)NC1CCC(N[C@H](Cc2ccc(Cl)cc2)C(=O)N2CCC(Cn3cncn3)(C3CCCCC3)CC2)CC1. The lowest BCUT2D eigenvalue weighted by atomic mass is 9.63. The Bertz CT molecular complexity index is 1410. The lowest BCUT2D eigenvalue weighted by molar-refractivity contribution is -0.137. The number of ether oxygens (including phenoxy) is 1. The zero-order valence-electron chi connectivity index (χ0n) is 28.1. The fourth-order valence-electron chi connectivity index (χ4n) is 8.31. The van der Waals surface area contributed by atoms with Gasteiger partial charge >= 0.3 is 0 Å². The van der Waals surface area contributed by atoms with Gasteiger partial charge in [0.15, 0.2) is 0 Å². The van der Waals surface area contributed by atoms with E-state index in [9.17, 15) is 9.59 Å². The number of piperidine rings is 1. The molecule has 1 aliphatic heterocycles. The summed E-state index contributed by atoms with van der Waals surface area (Å²) < 4.78 is 7.64. The van der Waals surface area contributed by atoms with E-state index in [0.29, 0.717) is 24.0 Å². The Balaban J connectivity index is 1.04. The number of hydrogen-bond acceptors (Lipinski definition) is 6. The third kappa shape index (κ3) is 9.45. The number of nitrogens with zero attached hydrogens (tertiary/aromatic N) is 4. The lowest BCUT2D eigenvalue weighted by Gasteiger charge is -2.48. The van der Waals surface area contributed by atoms with Crippen LogP contribution in [-0.4, -0.2) is 69.3 Å². The molecule has 2 aromatic carbocycles. The molecule has 6 rings (SSSR count). The van der Waals surface area contributed by atoms with E-state index in [4.69, 9.17) is 16.3 Å². The van der Waals surface area contributed by atoms with E-state index in [2.05, 4.69) is 25.6 Å². The van der Waals surface area contributed by atoms with Crippen molar-refractivity contribution < 1.29 is 14.3 Å². The van der Waals surface area contributed by atoms with Crippen LogP contribution in [0.1, 0.15) is 81.8 Å². The minimum absolute atomic E-state index is 0.0570. The fourth-order valence-corrected chi connectivity index (χ4v) is 8.43. The molecule has 2 amide bonds. The largest absolute Gasteiger partial charge is 0.367 e. The standard InChI is InChI=1S/C38H51ClN6O3/c39-32-13-11-29(12-14-32)23-35(42-33-15-17-34(18-16-33)43-36(46)25-48-24-30-7-3-1-4-8-30)37(47)44-21-19-38(20-22-44,26-45-28-40-27-41-45)31-9-5-2-6-10-31/h1,3-4,7-8,11-14,27-28,31,33-35,42H,2,5-6,9-10,15-26H2,(H,43,46)/t33?,34?,35-/m1/s1. The summed E-state index contributed by atoms with van der Waals surface area (Å²) in [5.74, 6) is 0.784. The molecule has 3 fully saturated rings. The first-order valence-electron chi connectivity index (χ1n) is 18.0. The number of hydrogen-bond donors (Lipinski definition) is 2. The molecule has 3 aromatic rings. The molecular formula is C38H51ClN6O3. The molecule has 3 aliphatic rings. The summed E-state index contributed by atoms with van der Waals surface area (Å²) in [4.78, 5) is 33.2. The lowest BCUT2D eigenvalue weighted by Crippen LogP contribution is -2.56. The second-order valence-electron chi connectivity index (χ2n) is 14.3. The molecule has 2 aliphatic carbocycles. The van der Waals surface area contributed by atoms with Crippen molar-refractivity contribution in [2.75, 3.05) is 19.7 Å². The molecule has 1 aromatic heterocycles. The Kier molecular flexibility index (Phi) is 12.2. The van der Waals surface area contributed by atoms with E-state index in [1.807, 2.05) is 65.6 Å². The second-order valence-corrected chi connectivity index (χ2v) is 14.7. The number of nitrogens with one attached hydrogen (secondary N) is 2. The van der Waals surface area contributed by atoms with Gasteiger partial charge in [0.05, 0.1) is 12.6 Å². The molecule has 2 saturated carbocycles. The van der Waals surface area contributed by atoms with Gasteiger partial charge in [-0.3, -0.25) is 14.3 Å². The average molecular weight is 675 g/mol. The summed E-state index contributed by atoms with van der Waals surface area (Å²) in [6.45, 7) is 2.91. The summed E-state index contributed by atoms with van der Waals surface area (Å²) in [5, 5.41) is 12.1. The molecule has 0 spiro atoms. The van der Waals surface area contributed by atoms with Gasteiger partial charge in [-0.1, -0.05) is 73.3 Å². The number of carbonyl (C=O) groups is 2. The highest BCUT2D eigenvalue weighted by Crippen LogP contribution is 2.47. The van der Waals surface area contributed by atoms with Crippen LogP contribution in [0.25, 0.3) is 0 Å². The molecule has 9 nitrogen and oxygen atoms in total. The van der Waals surface area contributed by atoms with E-state index in [-0.39, 0.29) is 42.0 Å². The summed E-state index contributed by atoms with van der Waals surface area (Å²) in [5.41, 5.74) is 2.31. The quantitative estimate of drug-likeness (QED) is 0.232. The molecule has 2 heterocycles. The first-order valence-corrected chi connectivity index (χ1v) is 18.4. The van der Waals surface area contributed by atoms with Crippen LogP contribution in [-0.2, 0) is 33.9 Å². The summed E-state index contributed by atoms with van der Waals surface area (Å²) >= 11 is 6.20. The molecule has 10 heteroatoms. The molecule has 48 heavy (non-hydrogen) atoms. The van der Waals surface area contributed by atoms with Gasteiger partial charge in [-0.2, -0.15) is 5.10 Å². The molecule has 0 bridgehead atoms. The molecular weight excluding hydrogens is 624 g/mol. The van der Waals surface area contributed by atoms with Crippen molar-refractivity contribution in [1.29, 1.82) is 0 Å². The van der Waals surface area contributed by atoms with Crippen molar-refractivity contribution in [3.8, 4) is 0 Å². The molecule has 1 atom stereocenters. The summed E-state index contributed by atoms with van der Waals surface area (Å²) in [7, 11) is 0. The monoisotopic (exact) mass is 674 g/mol. The van der Waals surface area contributed by atoms with Crippen LogP contribution in [0, 0.1) is 11.3 Å². The fraction of sp³-hybridized carbons (Fsp3) is 0.579. The van der Waals surface area contributed by atoms with E-state index >= 15 is 0 Å². The highest BCUT2D eigenvalue weighted by atomic mass is 35.5. The third-order valence-electron chi connectivity index (χ3n) is 11.0. The molecule has 0 unspecified atom stereocenters. The van der Waals surface area contributed by atoms with Crippen LogP contribution in [0.4, 0.5) is 0 Å². The number of rotatable bonds is 13. The zero-order chi connectivity index (χ0) is 33.2. The topological polar surface area (TPSA) is 101 Å². The molecule has 258 valence electrons. The molecule has 2 N–H and O–H groups in total. The van der Waals surface area contributed by atoms with Crippen molar-refractivity contribution in [3.63, 3.8) is 0 Å². The van der Waals surface area contributed by atoms with Gasteiger partial charge in [0, 0.05) is 36.7 Å². The summed E-state index contributed by atoms with van der Waals surface area (Å²) in [6.07, 6.45) is 16.1. The van der Waals surface area contributed by atoms with Crippen molar-refractivity contribution in [2.24, 2.45) is 11.3 Å². The average Bonchev–Trinajstić information content (AvgIpc) is 3.63. The maximum Gasteiger partial charge on any atom is 0.246 e. The van der Waals surface area contributed by atoms with Crippen LogP contribution >= 0.6 is 11.6 Å². The van der Waals surface area contributed by atoms with Crippen LogP contribution in [0.15, 0.2) is 67.3 Å². The van der Waals surface area contributed by atoms with E-state index in [1.54, 1.807) is 6.33 Å². The summed E-state index contributed by atoms with van der Waals surface area (Å²) in [6, 6.07) is 17.8. The number of aromatic nitrogens is 3. The Labute approximate surface area is 290 Å². The van der Waals surface area contributed by atoms with Crippen molar-refractivity contribution in [1.82, 2.24) is 30.3 Å². The maximum atomic E-state index is 14.3. The van der Waals surface area contributed by atoms with Gasteiger partial charge < -0.3 is 20.3 Å². The first-order chi connectivity index (χ1) is 23.5. The van der Waals surface area contributed by atoms with Gasteiger partial charge in [-0.15, -0.1) is 0 Å². The molecule has 0 radical (unpaired) electrons. The van der Waals surface area contributed by atoms with Crippen LogP contribution in [0.3, 0.4) is 0 Å². The Morgan fingerprint density at radius 2 is 1.60 bits per heavy atom. The number of carbonyl (C=O) groups excluding carboxylic acids is 2. The Morgan fingerprint density at radius 1 is 0.896 bits per heavy atom. The van der Waals surface area contributed by atoms with Crippen molar-refractivity contribution >= 4 is 23.4 Å². The van der Waals surface area contributed by atoms with Gasteiger partial charge in [-0.05, 0) is 92.4 Å². The maximum absolute atomic E-state index is 14.3. The van der Waals surface area contributed by atoms with Gasteiger partial charge in [0.2, 0.25) is 11.8 Å². The first kappa shape index (κ1) is 34.6. The minimum atomic E-state index is -0.314. The van der Waals surface area contributed by atoms with Crippen LogP contribution in [0.2, 0.25) is 5.02 Å².